The molecule has 2 aromatic heterocycles. The summed E-state index contributed by atoms with van der Waals surface area (Å²) in [5, 5.41) is 7.80. The molecule has 1 N–H and O–H groups in total. The fraction of sp³-hybridized carbons (Fsp3) is 0.533. The lowest BCUT2D eigenvalue weighted by molar-refractivity contribution is 0.568. The first kappa shape index (κ1) is 13.2. The molecule has 0 unspecified atom stereocenters. The first-order valence-corrected chi connectivity index (χ1v) is 7.41. The van der Waals surface area contributed by atoms with E-state index < -0.39 is 0 Å². The normalized spacial score (nSPS) is 18.6. The second-order valence-electron chi connectivity index (χ2n) is 5.35. The Bertz CT molecular complexity index is 557. The largest absolute Gasteiger partial charge is 0.316 e. The van der Waals surface area contributed by atoms with Gasteiger partial charge >= 0.3 is 0 Å². The highest BCUT2D eigenvalue weighted by Gasteiger charge is 2.19. The number of rotatable bonds is 5. The summed E-state index contributed by atoms with van der Waals surface area (Å²) >= 11 is 0. The first-order valence-electron chi connectivity index (χ1n) is 7.41. The fourth-order valence-electron chi connectivity index (χ4n) is 2.82. The van der Waals surface area contributed by atoms with Crippen molar-refractivity contribution in [1.29, 1.82) is 0 Å². The van der Waals surface area contributed by atoms with Gasteiger partial charge in [-0.15, -0.1) is 0 Å². The standard InChI is InChI=1S/C15H21N5/c1-2-9-20-14(4-6-19-20)15-13(17-7-8-18-15)10-12-3-5-16-11-12/h4,6-8,12,16H,2-3,5,9-11H2,1H3/t12-/m1/s1. The minimum absolute atomic E-state index is 0.674. The van der Waals surface area contributed by atoms with Gasteiger partial charge in [-0.1, -0.05) is 6.92 Å². The van der Waals surface area contributed by atoms with Gasteiger partial charge in [0.1, 0.15) is 5.69 Å². The predicted octanol–water partition coefficient (Wildman–Crippen LogP) is 1.90. The van der Waals surface area contributed by atoms with Crippen LogP contribution in [0.25, 0.3) is 11.4 Å². The van der Waals surface area contributed by atoms with Crippen LogP contribution in [0.2, 0.25) is 0 Å². The number of hydrogen-bond donors (Lipinski definition) is 1. The van der Waals surface area contributed by atoms with Crippen molar-refractivity contribution in [2.75, 3.05) is 13.1 Å². The van der Waals surface area contributed by atoms with Gasteiger partial charge in [0.25, 0.3) is 0 Å². The molecule has 0 radical (unpaired) electrons. The Morgan fingerprint density at radius 3 is 3.00 bits per heavy atom. The summed E-state index contributed by atoms with van der Waals surface area (Å²) in [5.74, 6) is 0.674. The van der Waals surface area contributed by atoms with Crippen LogP contribution in [-0.2, 0) is 13.0 Å². The quantitative estimate of drug-likeness (QED) is 0.902. The Kier molecular flexibility index (Phi) is 4.06. The average Bonchev–Trinajstić information content (AvgIpc) is 3.12. The lowest BCUT2D eigenvalue weighted by Crippen LogP contribution is -2.13. The van der Waals surface area contributed by atoms with Gasteiger partial charge < -0.3 is 5.32 Å². The van der Waals surface area contributed by atoms with Crippen molar-refractivity contribution in [3.63, 3.8) is 0 Å². The third-order valence-electron chi connectivity index (χ3n) is 3.81. The van der Waals surface area contributed by atoms with Crippen LogP contribution in [0, 0.1) is 5.92 Å². The molecule has 1 saturated heterocycles. The Hall–Kier alpha value is -1.75. The van der Waals surface area contributed by atoms with Gasteiger partial charge in [0.2, 0.25) is 0 Å². The molecule has 0 bridgehead atoms. The molecule has 1 aliphatic heterocycles. The zero-order chi connectivity index (χ0) is 13.8. The summed E-state index contributed by atoms with van der Waals surface area (Å²) in [5.41, 5.74) is 3.17. The highest BCUT2D eigenvalue weighted by molar-refractivity contribution is 5.57. The second kappa shape index (κ2) is 6.13. The molecule has 5 heteroatoms. The fourth-order valence-corrected chi connectivity index (χ4v) is 2.82. The summed E-state index contributed by atoms with van der Waals surface area (Å²) in [4.78, 5) is 9.13. The highest BCUT2D eigenvalue weighted by atomic mass is 15.3. The van der Waals surface area contributed by atoms with Crippen LogP contribution in [0.3, 0.4) is 0 Å². The number of hydrogen-bond acceptors (Lipinski definition) is 4. The number of nitrogens with zero attached hydrogens (tertiary/aromatic N) is 4. The molecule has 3 rings (SSSR count). The molecule has 0 aliphatic carbocycles. The van der Waals surface area contributed by atoms with E-state index >= 15 is 0 Å². The van der Waals surface area contributed by atoms with Gasteiger partial charge in [-0.3, -0.25) is 14.6 Å². The Balaban J connectivity index is 1.90. The van der Waals surface area contributed by atoms with Crippen LogP contribution in [-0.4, -0.2) is 32.8 Å². The van der Waals surface area contributed by atoms with Crippen LogP contribution in [0.1, 0.15) is 25.5 Å². The summed E-state index contributed by atoms with van der Waals surface area (Å²) in [7, 11) is 0. The maximum atomic E-state index is 4.57. The SMILES string of the molecule is CCCn1nccc1-c1nccnc1C[C@H]1CCNC1. The van der Waals surface area contributed by atoms with Crippen molar-refractivity contribution < 1.29 is 0 Å². The van der Waals surface area contributed by atoms with Crippen molar-refractivity contribution in [1.82, 2.24) is 25.1 Å². The van der Waals surface area contributed by atoms with E-state index in [2.05, 4.69) is 27.3 Å². The molecule has 0 aromatic carbocycles. The molecular weight excluding hydrogens is 250 g/mol. The van der Waals surface area contributed by atoms with Crippen molar-refractivity contribution in [2.45, 2.75) is 32.7 Å². The molecule has 1 atom stereocenters. The Morgan fingerprint density at radius 2 is 2.20 bits per heavy atom. The second-order valence-corrected chi connectivity index (χ2v) is 5.35. The summed E-state index contributed by atoms with van der Waals surface area (Å²) in [6, 6.07) is 2.04. The molecule has 2 aromatic rings. The van der Waals surface area contributed by atoms with E-state index in [0.717, 1.165) is 49.6 Å². The molecule has 0 saturated carbocycles. The van der Waals surface area contributed by atoms with Crippen LogP contribution in [0.15, 0.2) is 24.7 Å². The van der Waals surface area contributed by atoms with E-state index in [1.165, 1.54) is 6.42 Å². The molecular formula is C15H21N5. The van der Waals surface area contributed by atoms with Crippen LogP contribution in [0.4, 0.5) is 0 Å². The van der Waals surface area contributed by atoms with E-state index in [0.29, 0.717) is 5.92 Å². The summed E-state index contributed by atoms with van der Waals surface area (Å²) in [6.45, 7) is 5.29. The van der Waals surface area contributed by atoms with Crippen LogP contribution in [0.5, 0.6) is 0 Å². The van der Waals surface area contributed by atoms with E-state index in [4.69, 9.17) is 0 Å². The predicted molar refractivity (Wildman–Crippen MR) is 78.2 cm³/mol. The van der Waals surface area contributed by atoms with Crippen LogP contribution >= 0.6 is 0 Å². The third-order valence-corrected chi connectivity index (χ3v) is 3.81. The van der Waals surface area contributed by atoms with Gasteiger partial charge in [-0.2, -0.15) is 5.10 Å². The number of nitrogens with one attached hydrogen (secondary N) is 1. The molecule has 20 heavy (non-hydrogen) atoms. The molecule has 5 nitrogen and oxygen atoms in total. The average molecular weight is 271 g/mol. The molecule has 0 spiro atoms. The van der Waals surface area contributed by atoms with E-state index in [1.54, 1.807) is 12.4 Å². The monoisotopic (exact) mass is 271 g/mol. The van der Waals surface area contributed by atoms with Gasteiger partial charge in [-0.25, -0.2) is 0 Å². The first-order chi connectivity index (χ1) is 9.88. The Morgan fingerprint density at radius 1 is 1.30 bits per heavy atom. The maximum Gasteiger partial charge on any atom is 0.110 e. The van der Waals surface area contributed by atoms with Gasteiger partial charge in [0.15, 0.2) is 0 Å². The van der Waals surface area contributed by atoms with Crippen molar-refractivity contribution in [2.24, 2.45) is 5.92 Å². The maximum absolute atomic E-state index is 4.57. The van der Waals surface area contributed by atoms with Gasteiger partial charge in [0, 0.05) is 25.1 Å². The topological polar surface area (TPSA) is 55.6 Å². The summed E-state index contributed by atoms with van der Waals surface area (Å²) in [6.07, 6.45) is 8.70. The minimum Gasteiger partial charge on any atom is -0.316 e. The number of aromatic nitrogens is 4. The smallest absolute Gasteiger partial charge is 0.110 e. The molecule has 0 amide bonds. The van der Waals surface area contributed by atoms with Gasteiger partial charge in [-0.05, 0) is 44.3 Å². The zero-order valence-electron chi connectivity index (χ0n) is 11.9. The van der Waals surface area contributed by atoms with E-state index in [1.807, 2.05) is 16.9 Å². The molecule has 1 fully saturated rings. The van der Waals surface area contributed by atoms with E-state index in [9.17, 15) is 0 Å². The van der Waals surface area contributed by atoms with E-state index in [-0.39, 0.29) is 0 Å². The number of aryl methyl sites for hydroxylation is 1. The minimum atomic E-state index is 0.674. The Labute approximate surface area is 119 Å². The van der Waals surface area contributed by atoms with Gasteiger partial charge in [0.05, 0.1) is 11.4 Å². The zero-order valence-corrected chi connectivity index (χ0v) is 11.9. The van der Waals surface area contributed by atoms with Crippen molar-refractivity contribution in [3.8, 4) is 11.4 Å². The lowest BCUT2D eigenvalue weighted by Gasteiger charge is -2.12. The van der Waals surface area contributed by atoms with Crippen LogP contribution < -0.4 is 5.32 Å². The summed E-state index contributed by atoms with van der Waals surface area (Å²) < 4.78 is 2.03. The van der Waals surface area contributed by atoms with Crippen molar-refractivity contribution >= 4 is 0 Å². The molecule has 3 heterocycles. The molecule has 1 aliphatic rings. The lowest BCUT2D eigenvalue weighted by atomic mass is 10.0. The van der Waals surface area contributed by atoms with Crippen molar-refractivity contribution in [3.05, 3.63) is 30.4 Å². The molecule has 106 valence electrons. The third kappa shape index (κ3) is 2.72. The highest BCUT2D eigenvalue weighted by Crippen LogP contribution is 2.23.